The smallest absolute Gasteiger partial charge is 0.431 e. The van der Waals surface area contributed by atoms with Crippen LogP contribution in [-0.2, 0) is 23.9 Å². The predicted molar refractivity (Wildman–Crippen MR) is 142 cm³/mol. The van der Waals surface area contributed by atoms with Crippen LogP contribution in [0.15, 0.2) is 26.5 Å². The van der Waals surface area contributed by atoms with Gasteiger partial charge in [0.2, 0.25) is 6.29 Å². The second-order valence-corrected chi connectivity index (χ2v) is 9.15. The van der Waals surface area contributed by atoms with Crippen molar-refractivity contribution in [3.63, 3.8) is 0 Å². The van der Waals surface area contributed by atoms with Crippen LogP contribution in [0.3, 0.4) is 0 Å². The van der Waals surface area contributed by atoms with Gasteiger partial charge in [-0.2, -0.15) is 5.48 Å². The van der Waals surface area contributed by atoms with Gasteiger partial charge in [-0.15, -0.1) is 6.42 Å². The number of amides is 1. The molecular weight excluding hydrogens is 528 g/mol. The third kappa shape index (κ3) is 6.15. The summed E-state index contributed by atoms with van der Waals surface area (Å²) in [5.74, 6) is 2.04. The van der Waals surface area contributed by atoms with E-state index in [9.17, 15) is 19.8 Å². The number of benzene rings is 1. The Labute approximate surface area is 230 Å². The molecule has 218 valence electrons. The number of aryl methyl sites for hydroxylation is 1. The van der Waals surface area contributed by atoms with Gasteiger partial charge in [-0.25, -0.2) is 9.59 Å². The quantitative estimate of drug-likeness (QED) is 0.128. The van der Waals surface area contributed by atoms with Crippen LogP contribution in [0.2, 0.25) is 0 Å². The monoisotopic (exact) mass is 562 g/mol. The van der Waals surface area contributed by atoms with Crippen molar-refractivity contribution < 1.29 is 48.0 Å². The molecule has 1 fully saturated rings. The third-order valence-corrected chi connectivity index (χ3v) is 6.59. The summed E-state index contributed by atoms with van der Waals surface area (Å²) in [4.78, 5) is 34.8. The first-order valence-corrected chi connectivity index (χ1v) is 12.6. The maximum atomic E-state index is 12.7. The molecule has 1 aromatic heterocycles. The number of nitrogens with one attached hydrogen (secondary N) is 1. The van der Waals surface area contributed by atoms with Gasteiger partial charge >= 0.3 is 11.7 Å². The first-order valence-electron chi connectivity index (χ1n) is 12.6. The lowest BCUT2D eigenvalue weighted by atomic mass is 9.86. The molecule has 0 saturated carbocycles. The predicted octanol–water partition coefficient (Wildman–Crippen LogP) is 2.51. The van der Waals surface area contributed by atoms with E-state index in [1.807, 2.05) is 12.4 Å². The van der Waals surface area contributed by atoms with E-state index >= 15 is 0 Å². The molecule has 2 aromatic rings. The number of fused-ring (bicyclic) bond motifs is 1. The Hall–Kier alpha value is -3.83. The average molecular weight is 563 g/mol. The van der Waals surface area contributed by atoms with Gasteiger partial charge in [0, 0.05) is 12.7 Å². The van der Waals surface area contributed by atoms with E-state index in [0.29, 0.717) is 12.0 Å². The molecule has 1 saturated heterocycles. The third-order valence-electron chi connectivity index (χ3n) is 6.59. The summed E-state index contributed by atoms with van der Waals surface area (Å²) >= 11 is 0. The molecule has 4 unspecified atom stereocenters. The van der Waals surface area contributed by atoms with E-state index in [4.69, 9.17) is 39.5 Å². The van der Waals surface area contributed by atoms with Gasteiger partial charge in [-0.1, -0.05) is 18.0 Å². The Balaban J connectivity index is 1.96. The first-order chi connectivity index (χ1) is 19.0. The molecule has 1 aliphatic heterocycles. The maximum absolute atomic E-state index is 12.7. The Morgan fingerprint density at radius 1 is 1.32 bits per heavy atom. The Morgan fingerprint density at radius 3 is 2.67 bits per heavy atom. The summed E-state index contributed by atoms with van der Waals surface area (Å²) < 4.78 is 28.6. The minimum absolute atomic E-state index is 0.0594. The number of methoxy groups -OCH3 is 1. The lowest BCUT2D eigenvalue weighted by Crippen LogP contribution is -2.66. The highest BCUT2D eigenvalue weighted by atomic mass is 16.7. The fourth-order valence-electron chi connectivity index (χ4n) is 4.41. The minimum Gasteiger partial charge on any atom is -0.506 e. The van der Waals surface area contributed by atoms with Crippen LogP contribution in [0.4, 0.5) is 4.79 Å². The molecule has 13 heteroatoms. The topological polar surface area (TPSA) is 168 Å². The van der Waals surface area contributed by atoms with Crippen molar-refractivity contribution in [1.82, 2.24) is 5.48 Å². The number of hydroxylamine groups is 1. The zero-order valence-electron chi connectivity index (χ0n) is 23.2. The zero-order valence-corrected chi connectivity index (χ0v) is 23.2. The summed E-state index contributed by atoms with van der Waals surface area (Å²) in [6.45, 7) is 8.50. The molecule has 3 N–H and O–H groups in total. The van der Waals surface area contributed by atoms with E-state index in [-0.39, 0.29) is 47.0 Å². The molecule has 0 radical (unpaired) electrons. The number of rotatable bonds is 10. The van der Waals surface area contributed by atoms with Crippen molar-refractivity contribution in [3.8, 4) is 23.8 Å². The standard InChI is InChI=1S/C27H34N2O11/c1-8-13-36-29-26(33)39-22-20(31)25(40-27(6,9-2)23(22)34-7)37-17-12-11-16-19(30)18(15(5)28-35-10-3)24(32)38-21(16)14(17)4/h1,11-12,20,22-23,25,30-31H,9-10,13H2,2-7H3,(H,29,33)/t20?,22?,23?,25?,27-/m0/s1. The normalized spacial score (nSPS) is 24.8. The summed E-state index contributed by atoms with van der Waals surface area (Å²) in [7, 11) is 1.40. The average Bonchev–Trinajstić information content (AvgIpc) is 2.92. The van der Waals surface area contributed by atoms with E-state index in [0.717, 1.165) is 0 Å². The van der Waals surface area contributed by atoms with Crippen LogP contribution in [-0.4, -0.2) is 72.5 Å². The molecule has 13 nitrogen and oxygen atoms in total. The number of aliphatic hydroxyl groups is 1. The highest BCUT2D eigenvalue weighted by molar-refractivity contribution is 6.04. The number of oxime groups is 1. The largest absolute Gasteiger partial charge is 0.506 e. The van der Waals surface area contributed by atoms with Crippen molar-refractivity contribution in [1.29, 1.82) is 0 Å². The maximum Gasteiger partial charge on any atom is 0.431 e. The number of nitrogens with zero attached hydrogens (tertiary/aromatic N) is 1. The molecule has 1 aromatic carbocycles. The molecule has 1 amide bonds. The van der Waals surface area contributed by atoms with Crippen molar-refractivity contribution >= 4 is 22.8 Å². The van der Waals surface area contributed by atoms with Gasteiger partial charge in [0.25, 0.3) is 0 Å². The molecule has 5 atom stereocenters. The zero-order chi connectivity index (χ0) is 29.6. The lowest BCUT2D eigenvalue weighted by molar-refractivity contribution is -0.311. The minimum atomic E-state index is -1.52. The van der Waals surface area contributed by atoms with E-state index < -0.39 is 41.9 Å². The summed E-state index contributed by atoms with van der Waals surface area (Å²) in [5, 5.41) is 26.0. The fraction of sp³-hybridized carbons (Fsp3) is 0.519. The highest BCUT2D eigenvalue weighted by Crippen LogP contribution is 2.39. The molecule has 0 bridgehead atoms. The van der Waals surface area contributed by atoms with Crippen LogP contribution >= 0.6 is 0 Å². The summed E-state index contributed by atoms with van der Waals surface area (Å²) in [6.07, 6.45) is -0.461. The van der Waals surface area contributed by atoms with Gasteiger partial charge in [0.1, 0.15) is 42.0 Å². The van der Waals surface area contributed by atoms with Crippen molar-refractivity contribution in [2.45, 2.75) is 71.2 Å². The number of ether oxygens (including phenoxy) is 4. The molecule has 40 heavy (non-hydrogen) atoms. The number of hydrogen-bond acceptors (Lipinski definition) is 12. The SMILES string of the molecule is C#CCONC(=O)OC1C(O)C(Oc2ccc3c(O)c(C(C)=NOCC)c(=O)oc3c2C)O[C@@](C)(CC)C1OC. The van der Waals surface area contributed by atoms with Gasteiger partial charge in [-0.3, -0.25) is 4.84 Å². The summed E-state index contributed by atoms with van der Waals surface area (Å²) in [6, 6.07) is 3.01. The first kappa shape index (κ1) is 30.7. The lowest BCUT2D eigenvalue weighted by Gasteiger charge is -2.48. The number of carbonyl (C=O) groups is 1. The molecule has 0 aliphatic carbocycles. The Kier molecular flexibility index (Phi) is 9.99. The van der Waals surface area contributed by atoms with Crippen molar-refractivity contribution in [2.24, 2.45) is 5.16 Å². The number of aromatic hydroxyl groups is 1. The van der Waals surface area contributed by atoms with E-state index in [2.05, 4.69) is 11.1 Å². The van der Waals surface area contributed by atoms with Crippen LogP contribution in [0.1, 0.15) is 45.2 Å². The molecule has 2 heterocycles. The van der Waals surface area contributed by atoms with E-state index in [1.165, 1.54) is 26.2 Å². The van der Waals surface area contributed by atoms with Gasteiger partial charge < -0.3 is 38.4 Å². The Morgan fingerprint density at radius 2 is 2.05 bits per heavy atom. The molecular formula is C27H34N2O11. The van der Waals surface area contributed by atoms with Gasteiger partial charge in [-0.05, 0) is 46.2 Å². The second-order valence-electron chi connectivity index (χ2n) is 9.15. The Bertz CT molecular complexity index is 1350. The van der Waals surface area contributed by atoms with Crippen LogP contribution < -0.4 is 15.8 Å². The van der Waals surface area contributed by atoms with E-state index in [1.54, 1.807) is 20.8 Å². The fourth-order valence-corrected chi connectivity index (χ4v) is 4.41. The van der Waals surface area contributed by atoms with Gasteiger partial charge in [0.15, 0.2) is 12.2 Å². The van der Waals surface area contributed by atoms with Crippen molar-refractivity contribution in [2.75, 3.05) is 20.3 Å². The summed E-state index contributed by atoms with van der Waals surface area (Å²) in [5.41, 5.74) is 0.583. The number of carbonyl (C=O) groups excluding carboxylic acids is 1. The molecule has 0 spiro atoms. The highest BCUT2D eigenvalue weighted by Gasteiger charge is 2.54. The number of aliphatic hydroxyl groups excluding tert-OH is 1. The molecule has 3 rings (SSSR count). The number of terminal acetylenes is 1. The number of hydrogen-bond donors (Lipinski definition) is 3. The van der Waals surface area contributed by atoms with Crippen molar-refractivity contribution in [3.05, 3.63) is 33.7 Å². The van der Waals surface area contributed by atoms with Crippen LogP contribution in [0, 0.1) is 19.3 Å². The van der Waals surface area contributed by atoms with Crippen LogP contribution in [0.25, 0.3) is 11.0 Å². The van der Waals surface area contributed by atoms with Gasteiger partial charge in [0.05, 0.1) is 16.7 Å². The second kappa shape index (κ2) is 13.0. The molecule has 1 aliphatic rings. The van der Waals surface area contributed by atoms with Crippen LogP contribution in [0.5, 0.6) is 11.5 Å².